The van der Waals surface area contributed by atoms with Gasteiger partial charge in [0.05, 0.1) is 10.6 Å². The number of aryl methyl sites for hydroxylation is 1. The lowest BCUT2D eigenvalue weighted by Crippen LogP contribution is -2.21. The Morgan fingerprint density at radius 1 is 1.33 bits per heavy atom. The van der Waals surface area contributed by atoms with Crippen molar-refractivity contribution >= 4 is 29.2 Å². The summed E-state index contributed by atoms with van der Waals surface area (Å²) in [5.74, 6) is -1.33. The summed E-state index contributed by atoms with van der Waals surface area (Å²) in [4.78, 5) is 23.2. The molecule has 0 unspecified atom stereocenters. The van der Waals surface area contributed by atoms with Crippen molar-refractivity contribution in [2.45, 2.75) is 13.1 Å². The summed E-state index contributed by atoms with van der Waals surface area (Å²) in [6.45, 7) is 0.865. The van der Waals surface area contributed by atoms with Crippen molar-refractivity contribution in [3.63, 3.8) is 0 Å². The van der Waals surface area contributed by atoms with Crippen LogP contribution < -0.4 is 5.32 Å². The maximum Gasteiger partial charge on any atom is 0.417 e. The summed E-state index contributed by atoms with van der Waals surface area (Å²) >= 11 is 5.47. The first-order valence-corrected chi connectivity index (χ1v) is 6.81. The Kier molecular flexibility index (Phi) is 5.13. The van der Waals surface area contributed by atoms with Gasteiger partial charge in [0, 0.05) is 11.8 Å². The lowest BCUT2D eigenvalue weighted by atomic mass is 10.2. The van der Waals surface area contributed by atoms with Crippen molar-refractivity contribution < 1.29 is 32.0 Å². The van der Waals surface area contributed by atoms with Gasteiger partial charge in [0.15, 0.2) is 12.3 Å². The van der Waals surface area contributed by atoms with Gasteiger partial charge in [-0.05, 0) is 25.1 Å². The van der Waals surface area contributed by atoms with Crippen molar-refractivity contribution in [3.05, 3.63) is 46.3 Å². The average Bonchev–Trinajstić information content (AvgIpc) is 2.92. The summed E-state index contributed by atoms with van der Waals surface area (Å²) in [5, 5.41) is 5.09. The van der Waals surface area contributed by atoms with Crippen LogP contribution in [0.5, 0.6) is 0 Å². The minimum atomic E-state index is -4.66. The molecule has 0 bridgehead atoms. The largest absolute Gasteiger partial charge is 0.451 e. The predicted molar refractivity (Wildman–Crippen MR) is 76.6 cm³/mol. The SMILES string of the molecule is Cc1cc(C(=O)OCC(=O)Nc2ccc(Cl)c(C(F)(F)F)c2)no1. The highest BCUT2D eigenvalue weighted by Gasteiger charge is 2.33. The van der Waals surface area contributed by atoms with E-state index < -0.39 is 35.2 Å². The van der Waals surface area contributed by atoms with Gasteiger partial charge in [0.2, 0.25) is 0 Å². The van der Waals surface area contributed by atoms with Crippen molar-refractivity contribution in [1.29, 1.82) is 0 Å². The first-order chi connectivity index (χ1) is 11.2. The Morgan fingerprint density at radius 2 is 2.04 bits per heavy atom. The molecule has 6 nitrogen and oxygen atoms in total. The van der Waals surface area contributed by atoms with Crippen LogP contribution in [-0.2, 0) is 15.7 Å². The summed E-state index contributed by atoms with van der Waals surface area (Å²) in [7, 11) is 0. The molecule has 2 aromatic rings. The number of alkyl halides is 3. The van der Waals surface area contributed by atoms with Gasteiger partial charge in [-0.2, -0.15) is 13.2 Å². The second kappa shape index (κ2) is 6.91. The first kappa shape index (κ1) is 17.8. The Bertz CT molecular complexity index is 774. The molecule has 2 rings (SSSR count). The maximum absolute atomic E-state index is 12.7. The number of carbonyl (C=O) groups excluding carboxylic acids is 2. The molecule has 0 atom stereocenters. The molecule has 1 amide bonds. The molecule has 0 aliphatic heterocycles. The highest BCUT2D eigenvalue weighted by Crippen LogP contribution is 2.36. The van der Waals surface area contributed by atoms with E-state index in [1.54, 1.807) is 6.92 Å². The van der Waals surface area contributed by atoms with Gasteiger partial charge >= 0.3 is 12.1 Å². The second-order valence-corrected chi connectivity index (χ2v) is 5.05. The number of esters is 1. The third-order valence-corrected chi connectivity index (χ3v) is 3.06. The zero-order valence-corrected chi connectivity index (χ0v) is 12.9. The third-order valence-electron chi connectivity index (χ3n) is 2.73. The molecule has 0 saturated heterocycles. The van der Waals surface area contributed by atoms with Crippen LogP contribution in [-0.4, -0.2) is 23.6 Å². The first-order valence-electron chi connectivity index (χ1n) is 6.44. The van der Waals surface area contributed by atoms with E-state index in [-0.39, 0.29) is 11.4 Å². The number of rotatable bonds is 4. The smallest absolute Gasteiger partial charge is 0.417 e. The van der Waals surface area contributed by atoms with E-state index in [9.17, 15) is 22.8 Å². The number of amides is 1. The van der Waals surface area contributed by atoms with Crippen LogP contribution in [0.1, 0.15) is 21.8 Å². The standard InChI is InChI=1S/C14H10ClF3N2O4/c1-7-4-11(20-24-7)13(22)23-6-12(21)19-8-2-3-10(15)9(5-8)14(16,17)18/h2-5H,6H2,1H3,(H,19,21). The van der Waals surface area contributed by atoms with Gasteiger partial charge in [-0.25, -0.2) is 4.79 Å². The quantitative estimate of drug-likeness (QED) is 0.842. The van der Waals surface area contributed by atoms with Crippen LogP contribution in [0.3, 0.4) is 0 Å². The molecule has 0 saturated carbocycles. The Hall–Kier alpha value is -2.55. The lowest BCUT2D eigenvalue weighted by molar-refractivity contribution is -0.137. The van der Waals surface area contributed by atoms with Crippen molar-refractivity contribution in [2.75, 3.05) is 11.9 Å². The number of ether oxygens (including phenoxy) is 1. The summed E-state index contributed by atoms with van der Waals surface area (Å²) in [6.07, 6.45) is -4.66. The number of halogens is 4. The van der Waals surface area contributed by atoms with Crippen LogP contribution >= 0.6 is 11.6 Å². The normalized spacial score (nSPS) is 11.2. The highest BCUT2D eigenvalue weighted by atomic mass is 35.5. The molecule has 0 aliphatic carbocycles. The van der Waals surface area contributed by atoms with Gasteiger partial charge < -0.3 is 14.6 Å². The van der Waals surface area contributed by atoms with Gasteiger partial charge in [-0.3, -0.25) is 4.79 Å². The third kappa shape index (κ3) is 4.48. The fourth-order valence-corrected chi connectivity index (χ4v) is 1.91. The molecule has 0 radical (unpaired) electrons. The van der Waals surface area contributed by atoms with E-state index in [4.69, 9.17) is 11.6 Å². The van der Waals surface area contributed by atoms with Crippen LogP contribution in [0.15, 0.2) is 28.8 Å². The van der Waals surface area contributed by atoms with Crippen molar-refractivity contribution in [1.82, 2.24) is 5.16 Å². The van der Waals surface area contributed by atoms with E-state index in [2.05, 4.69) is 19.7 Å². The minimum Gasteiger partial charge on any atom is -0.451 e. The fourth-order valence-electron chi connectivity index (χ4n) is 1.68. The molecule has 0 spiro atoms. The Labute approximate surface area is 138 Å². The van der Waals surface area contributed by atoms with Gasteiger partial charge in [-0.15, -0.1) is 0 Å². The number of aromatic nitrogens is 1. The number of nitrogens with zero attached hydrogens (tertiary/aromatic N) is 1. The fraction of sp³-hybridized carbons (Fsp3) is 0.214. The summed E-state index contributed by atoms with van der Waals surface area (Å²) < 4.78 is 47.5. The van der Waals surface area contributed by atoms with Gasteiger partial charge in [0.25, 0.3) is 5.91 Å². The number of carbonyl (C=O) groups is 2. The van der Waals surface area contributed by atoms with E-state index in [0.29, 0.717) is 11.8 Å². The minimum absolute atomic E-state index is 0.119. The molecule has 1 aromatic heterocycles. The van der Waals surface area contributed by atoms with Gasteiger partial charge in [0.1, 0.15) is 5.76 Å². The molecule has 1 heterocycles. The molecular weight excluding hydrogens is 353 g/mol. The van der Waals surface area contributed by atoms with Crippen molar-refractivity contribution in [2.24, 2.45) is 0 Å². The number of benzene rings is 1. The van der Waals surface area contributed by atoms with Gasteiger partial charge in [-0.1, -0.05) is 16.8 Å². The number of nitrogens with one attached hydrogen (secondary N) is 1. The van der Waals surface area contributed by atoms with E-state index >= 15 is 0 Å². The number of hydrogen-bond donors (Lipinski definition) is 1. The molecule has 0 fully saturated rings. The lowest BCUT2D eigenvalue weighted by Gasteiger charge is -2.11. The van der Waals surface area contributed by atoms with Crippen LogP contribution in [0.2, 0.25) is 5.02 Å². The molecule has 24 heavy (non-hydrogen) atoms. The second-order valence-electron chi connectivity index (χ2n) is 4.64. The zero-order chi connectivity index (χ0) is 17.9. The molecule has 10 heteroatoms. The number of anilines is 1. The van der Waals surface area contributed by atoms with Crippen LogP contribution in [0.25, 0.3) is 0 Å². The zero-order valence-electron chi connectivity index (χ0n) is 12.1. The number of hydrogen-bond acceptors (Lipinski definition) is 5. The van der Waals surface area contributed by atoms with E-state index in [1.807, 2.05) is 0 Å². The molecule has 1 N–H and O–H groups in total. The molecule has 0 aliphatic rings. The average molecular weight is 363 g/mol. The predicted octanol–water partition coefficient (Wildman–Crippen LogP) is 3.45. The monoisotopic (exact) mass is 362 g/mol. The Morgan fingerprint density at radius 3 is 2.62 bits per heavy atom. The van der Waals surface area contributed by atoms with Crippen molar-refractivity contribution in [3.8, 4) is 0 Å². The van der Waals surface area contributed by atoms with Crippen LogP contribution in [0.4, 0.5) is 18.9 Å². The topological polar surface area (TPSA) is 81.4 Å². The molecular formula is C14H10ClF3N2O4. The summed E-state index contributed by atoms with van der Waals surface area (Å²) in [6, 6.07) is 4.19. The summed E-state index contributed by atoms with van der Waals surface area (Å²) in [5.41, 5.74) is -1.34. The molecule has 1 aromatic carbocycles. The molecule has 128 valence electrons. The maximum atomic E-state index is 12.7. The van der Waals surface area contributed by atoms with Crippen LogP contribution in [0, 0.1) is 6.92 Å². The van der Waals surface area contributed by atoms with E-state index in [0.717, 1.165) is 6.07 Å². The highest BCUT2D eigenvalue weighted by molar-refractivity contribution is 6.31. The Balaban J connectivity index is 1.96. The van der Waals surface area contributed by atoms with E-state index in [1.165, 1.54) is 12.1 Å².